The Labute approximate surface area is 144 Å². The molecule has 128 valence electrons. The highest BCUT2D eigenvalue weighted by atomic mass is 35.5. The number of aliphatic hydroxyl groups excluding tert-OH is 1. The summed E-state index contributed by atoms with van der Waals surface area (Å²) in [5.41, 5.74) is 0.674. The van der Waals surface area contributed by atoms with E-state index in [2.05, 4.69) is 25.7 Å². The van der Waals surface area contributed by atoms with Crippen molar-refractivity contribution in [3.05, 3.63) is 34.9 Å². The molecule has 0 unspecified atom stereocenters. The van der Waals surface area contributed by atoms with Crippen LogP contribution in [0.15, 0.2) is 24.3 Å². The van der Waals surface area contributed by atoms with Gasteiger partial charge >= 0.3 is 0 Å². The van der Waals surface area contributed by atoms with Gasteiger partial charge in [-0.25, -0.2) is 0 Å². The van der Waals surface area contributed by atoms with Gasteiger partial charge in [-0.3, -0.25) is 9.69 Å². The number of β-amino-alcohol motifs (C(OH)–C–C–N with tert-alkyl or cyclic N) is 1. The van der Waals surface area contributed by atoms with E-state index in [1.54, 1.807) is 24.3 Å². The molecule has 0 saturated carbocycles. The molecular formula is C18H27ClN2O2. The first-order chi connectivity index (χ1) is 10.9. The molecular weight excluding hydrogens is 312 g/mol. The first-order valence-electron chi connectivity index (χ1n) is 8.41. The number of carbonyl (C=O) groups excluding carboxylic acids is 1. The fourth-order valence-electron chi connectivity index (χ4n) is 3.20. The number of hydrogen-bond acceptors (Lipinski definition) is 3. The van der Waals surface area contributed by atoms with E-state index >= 15 is 0 Å². The lowest BCUT2D eigenvalue weighted by Crippen LogP contribution is -2.57. The summed E-state index contributed by atoms with van der Waals surface area (Å²) in [6, 6.07) is 7.38. The van der Waals surface area contributed by atoms with Crippen molar-refractivity contribution in [2.24, 2.45) is 0 Å². The Hall–Kier alpha value is -1.10. The molecule has 1 N–H and O–H groups in total. The largest absolute Gasteiger partial charge is 0.390 e. The molecule has 1 aliphatic rings. The Kier molecular flexibility index (Phi) is 6.45. The molecule has 1 aromatic rings. The van der Waals surface area contributed by atoms with Gasteiger partial charge in [0, 0.05) is 42.3 Å². The Bertz CT molecular complexity index is 512. The standard InChI is InChI=1S/C18H27ClN2O2/c1-4-5-16(10-20-11-17(22)12-20)21(13(2)3)18(23)14-6-8-15(19)9-7-14/h6-9,13,16-17,22H,4-5,10-12H2,1-3H3/t16-/m0/s1. The Morgan fingerprint density at radius 2 is 1.96 bits per heavy atom. The monoisotopic (exact) mass is 338 g/mol. The summed E-state index contributed by atoms with van der Waals surface area (Å²) in [5.74, 6) is 0.0520. The van der Waals surface area contributed by atoms with Crippen LogP contribution in [-0.4, -0.2) is 58.6 Å². The molecule has 0 radical (unpaired) electrons. The van der Waals surface area contributed by atoms with E-state index in [9.17, 15) is 9.90 Å². The van der Waals surface area contributed by atoms with Crippen LogP contribution in [0.1, 0.15) is 44.0 Å². The molecule has 23 heavy (non-hydrogen) atoms. The van der Waals surface area contributed by atoms with Crippen molar-refractivity contribution in [2.45, 2.75) is 51.8 Å². The van der Waals surface area contributed by atoms with E-state index in [0.29, 0.717) is 23.7 Å². The lowest BCUT2D eigenvalue weighted by atomic mass is 10.0. The second-order valence-electron chi connectivity index (χ2n) is 6.63. The summed E-state index contributed by atoms with van der Waals surface area (Å²) < 4.78 is 0. The molecule has 5 heteroatoms. The summed E-state index contributed by atoms with van der Waals surface area (Å²) in [6.07, 6.45) is 1.78. The predicted octanol–water partition coefficient (Wildman–Crippen LogP) is 3.04. The molecule has 1 aromatic carbocycles. The van der Waals surface area contributed by atoms with Crippen molar-refractivity contribution in [3.8, 4) is 0 Å². The molecule has 0 aliphatic carbocycles. The molecule has 1 heterocycles. The Morgan fingerprint density at radius 1 is 1.35 bits per heavy atom. The number of halogens is 1. The van der Waals surface area contributed by atoms with E-state index in [-0.39, 0.29) is 24.1 Å². The fourth-order valence-corrected chi connectivity index (χ4v) is 3.33. The topological polar surface area (TPSA) is 43.8 Å². The summed E-state index contributed by atoms with van der Waals surface area (Å²) in [5, 5.41) is 10.1. The highest BCUT2D eigenvalue weighted by molar-refractivity contribution is 6.30. The first kappa shape index (κ1) is 18.2. The number of amides is 1. The summed E-state index contributed by atoms with van der Waals surface area (Å²) in [6.45, 7) is 8.50. The molecule has 1 amide bonds. The van der Waals surface area contributed by atoms with Gasteiger partial charge in [-0.1, -0.05) is 24.9 Å². The second kappa shape index (κ2) is 8.13. The maximum absolute atomic E-state index is 13.0. The number of nitrogens with zero attached hydrogens (tertiary/aromatic N) is 2. The van der Waals surface area contributed by atoms with Gasteiger partial charge < -0.3 is 10.0 Å². The van der Waals surface area contributed by atoms with Crippen LogP contribution in [0.25, 0.3) is 0 Å². The summed E-state index contributed by atoms with van der Waals surface area (Å²) >= 11 is 5.92. The highest BCUT2D eigenvalue weighted by Crippen LogP contribution is 2.20. The molecule has 0 spiro atoms. The molecule has 0 aromatic heterocycles. The maximum Gasteiger partial charge on any atom is 0.254 e. The Morgan fingerprint density at radius 3 is 2.43 bits per heavy atom. The number of hydrogen-bond donors (Lipinski definition) is 1. The maximum atomic E-state index is 13.0. The third-order valence-electron chi connectivity index (χ3n) is 4.30. The number of likely N-dealkylation sites (tertiary alicyclic amines) is 1. The van der Waals surface area contributed by atoms with Gasteiger partial charge in [0.05, 0.1) is 6.10 Å². The van der Waals surface area contributed by atoms with Gasteiger partial charge in [0.15, 0.2) is 0 Å². The third-order valence-corrected chi connectivity index (χ3v) is 4.56. The van der Waals surface area contributed by atoms with Crippen molar-refractivity contribution < 1.29 is 9.90 Å². The molecule has 1 fully saturated rings. The van der Waals surface area contributed by atoms with Crippen LogP contribution in [0.3, 0.4) is 0 Å². The van der Waals surface area contributed by atoms with Crippen LogP contribution < -0.4 is 0 Å². The van der Waals surface area contributed by atoms with Crippen molar-refractivity contribution >= 4 is 17.5 Å². The minimum atomic E-state index is -0.211. The van der Waals surface area contributed by atoms with Crippen molar-refractivity contribution in [2.75, 3.05) is 19.6 Å². The second-order valence-corrected chi connectivity index (χ2v) is 7.06. The van der Waals surface area contributed by atoms with E-state index in [1.165, 1.54) is 0 Å². The number of aliphatic hydroxyl groups is 1. The third kappa shape index (κ3) is 4.69. The smallest absolute Gasteiger partial charge is 0.254 e. The fraction of sp³-hybridized carbons (Fsp3) is 0.611. The zero-order valence-corrected chi connectivity index (χ0v) is 15.0. The number of carbonyl (C=O) groups is 1. The average Bonchev–Trinajstić information content (AvgIpc) is 2.46. The summed E-state index contributed by atoms with van der Waals surface area (Å²) in [4.78, 5) is 17.2. The van der Waals surface area contributed by atoms with E-state index in [0.717, 1.165) is 19.4 Å². The zero-order valence-electron chi connectivity index (χ0n) is 14.2. The molecule has 4 nitrogen and oxygen atoms in total. The van der Waals surface area contributed by atoms with Crippen LogP contribution >= 0.6 is 11.6 Å². The van der Waals surface area contributed by atoms with E-state index < -0.39 is 0 Å². The first-order valence-corrected chi connectivity index (χ1v) is 8.78. The normalized spacial score (nSPS) is 17.1. The average molecular weight is 339 g/mol. The molecule has 2 rings (SSSR count). The quantitative estimate of drug-likeness (QED) is 0.831. The summed E-state index contributed by atoms with van der Waals surface area (Å²) in [7, 11) is 0. The van der Waals surface area contributed by atoms with Crippen molar-refractivity contribution in [3.63, 3.8) is 0 Å². The number of rotatable bonds is 7. The highest BCUT2D eigenvalue weighted by Gasteiger charge is 2.32. The van der Waals surface area contributed by atoms with Gasteiger partial charge in [0.25, 0.3) is 5.91 Å². The minimum Gasteiger partial charge on any atom is -0.390 e. The van der Waals surface area contributed by atoms with Crippen molar-refractivity contribution in [1.82, 2.24) is 9.80 Å². The van der Waals surface area contributed by atoms with Gasteiger partial charge in [-0.05, 0) is 44.5 Å². The van der Waals surface area contributed by atoms with Crippen LogP contribution in [0, 0.1) is 0 Å². The number of benzene rings is 1. The SMILES string of the molecule is CCC[C@@H](CN1CC(O)C1)N(C(=O)c1ccc(Cl)cc1)C(C)C. The van der Waals surface area contributed by atoms with Crippen LogP contribution in [0.4, 0.5) is 0 Å². The molecule has 1 saturated heterocycles. The van der Waals surface area contributed by atoms with Gasteiger partial charge in [0.2, 0.25) is 0 Å². The molecule has 1 aliphatic heterocycles. The van der Waals surface area contributed by atoms with Crippen molar-refractivity contribution in [1.29, 1.82) is 0 Å². The lowest BCUT2D eigenvalue weighted by Gasteiger charge is -2.43. The van der Waals surface area contributed by atoms with Gasteiger partial charge in [-0.15, -0.1) is 0 Å². The van der Waals surface area contributed by atoms with E-state index in [4.69, 9.17) is 11.6 Å². The lowest BCUT2D eigenvalue weighted by molar-refractivity contribution is -0.0160. The van der Waals surface area contributed by atoms with Gasteiger partial charge in [-0.2, -0.15) is 0 Å². The molecule has 1 atom stereocenters. The molecule has 0 bridgehead atoms. The minimum absolute atomic E-state index is 0.0520. The predicted molar refractivity (Wildman–Crippen MR) is 93.9 cm³/mol. The van der Waals surface area contributed by atoms with Crippen LogP contribution in [0.5, 0.6) is 0 Å². The zero-order chi connectivity index (χ0) is 17.0. The van der Waals surface area contributed by atoms with Crippen LogP contribution in [0.2, 0.25) is 5.02 Å². The van der Waals surface area contributed by atoms with E-state index in [1.807, 2.05) is 4.90 Å². The van der Waals surface area contributed by atoms with Crippen LogP contribution in [-0.2, 0) is 0 Å². The Balaban J connectivity index is 2.15. The van der Waals surface area contributed by atoms with Gasteiger partial charge in [0.1, 0.15) is 0 Å².